The predicted octanol–water partition coefficient (Wildman–Crippen LogP) is 0.426. The Morgan fingerprint density at radius 3 is 3.13 bits per heavy atom. The van der Waals surface area contributed by atoms with E-state index < -0.39 is 0 Å². The van der Waals surface area contributed by atoms with Crippen molar-refractivity contribution in [2.24, 2.45) is 0 Å². The van der Waals surface area contributed by atoms with Gasteiger partial charge in [-0.3, -0.25) is 0 Å². The minimum Gasteiger partial charge on any atom is -0.338 e. The van der Waals surface area contributed by atoms with Gasteiger partial charge in [0, 0.05) is 12.5 Å². The molecule has 1 saturated heterocycles. The molecule has 0 spiro atoms. The van der Waals surface area contributed by atoms with E-state index in [1.54, 1.807) is 0 Å². The molecule has 0 aliphatic carbocycles. The first kappa shape index (κ1) is 10.6. The number of hydrogen-bond acceptors (Lipinski definition) is 5. The molecule has 1 aromatic heterocycles. The van der Waals surface area contributed by atoms with E-state index in [-0.39, 0.29) is 0 Å². The standard InChI is InChI=1S/C10H18N4O/c1-11-7-10-12-9(13-15-10)6-8-4-3-5-14(8)2/h8,11H,3-7H2,1-2H3. The number of nitrogens with zero attached hydrogens (tertiary/aromatic N) is 3. The van der Waals surface area contributed by atoms with Crippen LogP contribution in [0.5, 0.6) is 0 Å². The summed E-state index contributed by atoms with van der Waals surface area (Å²) in [5.41, 5.74) is 0. The molecule has 84 valence electrons. The van der Waals surface area contributed by atoms with E-state index in [1.165, 1.54) is 19.4 Å². The smallest absolute Gasteiger partial charge is 0.240 e. The first-order valence-electron chi connectivity index (χ1n) is 5.46. The number of aromatic nitrogens is 2. The monoisotopic (exact) mass is 210 g/mol. The number of nitrogens with one attached hydrogen (secondary N) is 1. The van der Waals surface area contributed by atoms with Crippen molar-refractivity contribution < 1.29 is 4.52 Å². The summed E-state index contributed by atoms with van der Waals surface area (Å²) in [7, 11) is 4.03. The molecule has 1 atom stereocenters. The normalized spacial score (nSPS) is 22.4. The summed E-state index contributed by atoms with van der Waals surface area (Å²) in [5.74, 6) is 1.51. The molecular formula is C10H18N4O. The molecule has 1 aliphatic rings. The third-order valence-electron chi connectivity index (χ3n) is 2.93. The fourth-order valence-corrected chi connectivity index (χ4v) is 2.04. The SMILES string of the molecule is CNCc1nc(CC2CCCN2C)no1. The van der Waals surface area contributed by atoms with Crippen LogP contribution in [0, 0.1) is 0 Å². The second kappa shape index (κ2) is 4.72. The topological polar surface area (TPSA) is 54.2 Å². The Bertz CT molecular complexity index is 312. The van der Waals surface area contributed by atoms with Crippen molar-refractivity contribution in [1.82, 2.24) is 20.4 Å². The van der Waals surface area contributed by atoms with Crippen LogP contribution >= 0.6 is 0 Å². The van der Waals surface area contributed by atoms with Crippen LogP contribution in [0.3, 0.4) is 0 Å². The van der Waals surface area contributed by atoms with Gasteiger partial charge in [-0.25, -0.2) is 0 Å². The Morgan fingerprint density at radius 1 is 1.60 bits per heavy atom. The Labute approximate surface area is 89.8 Å². The maximum atomic E-state index is 5.11. The molecule has 2 rings (SSSR count). The summed E-state index contributed by atoms with van der Waals surface area (Å²) in [6.45, 7) is 1.83. The van der Waals surface area contributed by atoms with E-state index in [2.05, 4.69) is 27.4 Å². The third-order valence-corrected chi connectivity index (χ3v) is 2.93. The number of rotatable bonds is 4. The highest BCUT2D eigenvalue weighted by Gasteiger charge is 2.22. The minimum absolute atomic E-state index is 0.588. The van der Waals surface area contributed by atoms with Gasteiger partial charge in [-0.1, -0.05) is 5.16 Å². The second-order valence-corrected chi connectivity index (χ2v) is 4.12. The first-order chi connectivity index (χ1) is 7.29. The molecule has 1 unspecified atom stereocenters. The van der Waals surface area contributed by atoms with Crippen molar-refractivity contribution in [2.45, 2.75) is 31.8 Å². The van der Waals surface area contributed by atoms with Crippen LogP contribution < -0.4 is 5.32 Å². The van der Waals surface area contributed by atoms with Crippen LogP contribution in [-0.2, 0) is 13.0 Å². The largest absolute Gasteiger partial charge is 0.338 e. The molecule has 1 N–H and O–H groups in total. The second-order valence-electron chi connectivity index (χ2n) is 4.12. The lowest BCUT2D eigenvalue weighted by molar-refractivity contribution is 0.300. The summed E-state index contributed by atoms with van der Waals surface area (Å²) in [6, 6.07) is 0.588. The van der Waals surface area contributed by atoms with Crippen LogP contribution in [0.2, 0.25) is 0 Å². The van der Waals surface area contributed by atoms with Gasteiger partial charge < -0.3 is 14.7 Å². The minimum atomic E-state index is 0.588. The van der Waals surface area contributed by atoms with E-state index in [0.717, 1.165) is 12.2 Å². The quantitative estimate of drug-likeness (QED) is 0.781. The molecule has 0 radical (unpaired) electrons. The van der Waals surface area contributed by atoms with Gasteiger partial charge in [0.25, 0.3) is 0 Å². The molecule has 15 heavy (non-hydrogen) atoms. The van der Waals surface area contributed by atoms with E-state index >= 15 is 0 Å². The van der Waals surface area contributed by atoms with Crippen LogP contribution in [0.4, 0.5) is 0 Å². The summed E-state index contributed by atoms with van der Waals surface area (Å²) in [6.07, 6.45) is 3.43. The van der Waals surface area contributed by atoms with Crippen molar-refractivity contribution in [1.29, 1.82) is 0 Å². The summed E-state index contributed by atoms with van der Waals surface area (Å²) < 4.78 is 5.11. The lowest BCUT2D eigenvalue weighted by atomic mass is 10.1. The number of hydrogen-bond donors (Lipinski definition) is 1. The molecule has 0 bridgehead atoms. The molecule has 1 fully saturated rings. The van der Waals surface area contributed by atoms with Crippen molar-refractivity contribution in [3.8, 4) is 0 Å². The van der Waals surface area contributed by atoms with E-state index in [1.807, 2.05) is 7.05 Å². The number of likely N-dealkylation sites (N-methyl/N-ethyl adjacent to an activating group) is 1. The highest BCUT2D eigenvalue weighted by molar-refractivity contribution is 4.92. The Hall–Kier alpha value is -0.940. The Balaban J connectivity index is 1.92. The molecule has 1 aromatic rings. The molecule has 2 heterocycles. The van der Waals surface area contributed by atoms with Crippen molar-refractivity contribution in [2.75, 3.05) is 20.6 Å². The Kier molecular flexibility index (Phi) is 3.33. The first-order valence-corrected chi connectivity index (χ1v) is 5.46. The van der Waals surface area contributed by atoms with Crippen molar-refractivity contribution in [3.63, 3.8) is 0 Å². The molecule has 0 aromatic carbocycles. The van der Waals surface area contributed by atoms with Crippen LogP contribution in [0.1, 0.15) is 24.6 Å². The third kappa shape index (κ3) is 2.54. The molecule has 5 heteroatoms. The van der Waals surface area contributed by atoms with Crippen LogP contribution in [0.15, 0.2) is 4.52 Å². The fraction of sp³-hybridized carbons (Fsp3) is 0.800. The van der Waals surface area contributed by atoms with Gasteiger partial charge in [0.2, 0.25) is 5.89 Å². The predicted molar refractivity (Wildman–Crippen MR) is 56.4 cm³/mol. The molecule has 0 saturated carbocycles. The highest BCUT2D eigenvalue weighted by Crippen LogP contribution is 2.17. The van der Waals surface area contributed by atoms with Gasteiger partial charge in [0.1, 0.15) is 0 Å². The fourth-order valence-electron chi connectivity index (χ4n) is 2.04. The zero-order chi connectivity index (χ0) is 10.7. The van der Waals surface area contributed by atoms with Gasteiger partial charge in [0.15, 0.2) is 5.82 Å². The average molecular weight is 210 g/mol. The lowest BCUT2D eigenvalue weighted by Gasteiger charge is -2.16. The van der Waals surface area contributed by atoms with E-state index in [0.29, 0.717) is 18.5 Å². The van der Waals surface area contributed by atoms with E-state index in [9.17, 15) is 0 Å². The highest BCUT2D eigenvalue weighted by atomic mass is 16.5. The van der Waals surface area contributed by atoms with Crippen LogP contribution in [-0.4, -0.2) is 41.7 Å². The summed E-state index contributed by atoms with van der Waals surface area (Å²) in [4.78, 5) is 6.70. The van der Waals surface area contributed by atoms with Gasteiger partial charge in [0.05, 0.1) is 6.54 Å². The van der Waals surface area contributed by atoms with Gasteiger partial charge in [-0.15, -0.1) is 0 Å². The average Bonchev–Trinajstić information content (AvgIpc) is 2.79. The maximum absolute atomic E-state index is 5.11. The molecule has 1 aliphatic heterocycles. The maximum Gasteiger partial charge on any atom is 0.240 e. The number of likely N-dealkylation sites (tertiary alicyclic amines) is 1. The van der Waals surface area contributed by atoms with Gasteiger partial charge >= 0.3 is 0 Å². The van der Waals surface area contributed by atoms with Crippen molar-refractivity contribution >= 4 is 0 Å². The van der Waals surface area contributed by atoms with Gasteiger partial charge in [-0.2, -0.15) is 4.98 Å². The molecule has 0 amide bonds. The zero-order valence-electron chi connectivity index (χ0n) is 9.36. The summed E-state index contributed by atoms with van der Waals surface area (Å²) >= 11 is 0. The Morgan fingerprint density at radius 2 is 2.47 bits per heavy atom. The van der Waals surface area contributed by atoms with Crippen LogP contribution in [0.25, 0.3) is 0 Å². The van der Waals surface area contributed by atoms with E-state index in [4.69, 9.17) is 4.52 Å². The van der Waals surface area contributed by atoms with Crippen molar-refractivity contribution in [3.05, 3.63) is 11.7 Å². The molecule has 5 nitrogen and oxygen atoms in total. The van der Waals surface area contributed by atoms with Gasteiger partial charge in [-0.05, 0) is 33.5 Å². The zero-order valence-corrected chi connectivity index (χ0v) is 9.36. The summed E-state index contributed by atoms with van der Waals surface area (Å²) in [5, 5.41) is 6.97. The lowest BCUT2D eigenvalue weighted by Crippen LogP contribution is -2.27. The molecular weight excluding hydrogens is 192 g/mol.